The van der Waals surface area contributed by atoms with Gasteiger partial charge in [0, 0.05) is 30.7 Å². The lowest BCUT2D eigenvalue weighted by Gasteiger charge is -2.22. The first-order chi connectivity index (χ1) is 9.40. The summed E-state index contributed by atoms with van der Waals surface area (Å²) in [6.07, 6.45) is 4.95. The second kappa shape index (κ2) is 5.42. The Morgan fingerprint density at radius 2 is 2.30 bits per heavy atom. The van der Waals surface area contributed by atoms with Crippen LogP contribution >= 0.6 is 0 Å². The van der Waals surface area contributed by atoms with E-state index in [1.807, 2.05) is 0 Å². The molecule has 6 heteroatoms. The number of rotatable bonds is 4. The highest BCUT2D eigenvalue weighted by Crippen LogP contribution is 2.18. The number of hydrogen-bond acceptors (Lipinski definition) is 4. The van der Waals surface area contributed by atoms with Crippen molar-refractivity contribution in [2.75, 3.05) is 6.54 Å². The van der Waals surface area contributed by atoms with Crippen LogP contribution in [0.5, 0.6) is 0 Å². The average molecular weight is 274 g/mol. The number of aryl methyl sites for hydroxylation is 2. The normalized spacial score (nSPS) is 13.8. The lowest BCUT2D eigenvalue weighted by atomic mass is 9.99. The Kier molecular flexibility index (Phi) is 3.85. The predicted molar refractivity (Wildman–Crippen MR) is 74.1 cm³/mol. The molecule has 0 saturated heterocycles. The molecule has 0 spiro atoms. The van der Waals surface area contributed by atoms with E-state index in [-0.39, 0.29) is 12.5 Å². The largest absolute Gasteiger partial charge is 0.383 e. The molecule has 2 heterocycles. The highest BCUT2D eigenvalue weighted by molar-refractivity contribution is 5.95. The Morgan fingerprint density at radius 1 is 1.55 bits per heavy atom. The third-order valence-electron chi connectivity index (χ3n) is 3.17. The molecule has 20 heavy (non-hydrogen) atoms. The van der Waals surface area contributed by atoms with Gasteiger partial charge in [-0.3, -0.25) is 14.5 Å². The second-order valence-electron chi connectivity index (χ2n) is 5.00. The van der Waals surface area contributed by atoms with Crippen LogP contribution in [0.2, 0.25) is 0 Å². The van der Waals surface area contributed by atoms with Crippen molar-refractivity contribution in [1.29, 1.82) is 0 Å². The molecule has 1 atom stereocenters. The molecule has 2 aromatic heterocycles. The summed E-state index contributed by atoms with van der Waals surface area (Å²) >= 11 is 0. The molecule has 2 rings (SSSR count). The topological polar surface area (TPSA) is 80.0 Å². The van der Waals surface area contributed by atoms with Crippen molar-refractivity contribution in [3.05, 3.63) is 47.5 Å². The van der Waals surface area contributed by atoms with Gasteiger partial charge in [-0.2, -0.15) is 5.10 Å². The van der Waals surface area contributed by atoms with Gasteiger partial charge in [-0.1, -0.05) is 0 Å². The van der Waals surface area contributed by atoms with Crippen molar-refractivity contribution < 1.29 is 9.90 Å². The van der Waals surface area contributed by atoms with Gasteiger partial charge in [0.2, 0.25) is 0 Å². The van der Waals surface area contributed by atoms with Gasteiger partial charge in [0.1, 0.15) is 5.60 Å². The van der Waals surface area contributed by atoms with Crippen molar-refractivity contribution in [2.24, 2.45) is 7.05 Å². The number of amides is 1. The summed E-state index contributed by atoms with van der Waals surface area (Å²) in [5, 5.41) is 17.1. The van der Waals surface area contributed by atoms with Crippen LogP contribution in [0.15, 0.2) is 30.7 Å². The van der Waals surface area contributed by atoms with Crippen molar-refractivity contribution in [1.82, 2.24) is 20.1 Å². The first kappa shape index (κ1) is 14.2. The number of carbonyl (C=O) groups excluding carboxylic acids is 1. The summed E-state index contributed by atoms with van der Waals surface area (Å²) in [6.45, 7) is 3.51. The van der Waals surface area contributed by atoms with Gasteiger partial charge in [0.05, 0.1) is 18.3 Å². The smallest absolute Gasteiger partial charge is 0.253 e. The van der Waals surface area contributed by atoms with E-state index in [4.69, 9.17) is 0 Å². The molecule has 0 bridgehead atoms. The number of nitrogens with zero attached hydrogens (tertiary/aromatic N) is 3. The zero-order valence-corrected chi connectivity index (χ0v) is 11.8. The maximum absolute atomic E-state index is 12.1. The lowest BCUT2D eigenvalue weighted by molar-refractivity contribution is 0.0525. The van der Waals surface area contributed by atoms with E-state index in [0.29, 0.717) is 16.8 Å². The summed E-state index contributed by atoms with van der Waals surface area (Å²) in [6, 6.07) is 3.41. The van der Waals surface area contributed by atoms with E-state index in [0.717, 1.165) is 0 Å². The molecule has 0 radical (unpaired) electrons. The first-order valence-corrected chi connectivity index (χ1v) is 6.31. The molecule has 1 unspecified atom stereocenters. The molecule has 2 aromatic rings. The van der Waals surface area contributed by atoms with E-state index >= 15 is 0 Å². The van der Waals surface area contributed by atoms with E-state index in [2.05, 4.69) is 15.4 Å². The van der Waals surface area contributed by atoms with E-state index in [9.17, 15) is 9.90 Å². The Hall–Kier alpha value is -2.21. The standard InChI is InChI=1S/C14H18N4O2/c1-10-12(5-4-6-15-10)13(19)16-9-14(2,20)11-7-17-18(3)8-11/h4-8,20H,9H2,1-3H3,(H,16,19). The van der Waals surface area contributed by atoms with Crippen LogP contribution in [-0.4, -0.2) is 32.3 Å². The van der Waals surface area contributed by atoms with E-state index in [1.165, 1.54) is 0 Å². The molecule has 0 fully saturated rings. The number of hydrogen-bond donors (Lipinski definition) is 2. The Morgan fingerprint density at radius 3 is 2.90 bits per heavy atom. The van der Waals surface area contributed by atoms with Crippen LogP contribution in [0.1, 0.15) is 28.5 Å². The number of nitrogens with one attached hydrogen (secondary N) is 1. The monoisotopic (exact) mass is 274 g/mol. The summed E-state index contributed by atoms with van der Waals surface area (Å²) in [7, 11) is 1.77. The van der Waals surface area contributed by atoms with Gasteiger partial charge in [-0.25, -0.2) is 0 Å². The SMILES string of the molecule is Cc1ncccc1C(=O)NCC(C)(O)c1cnn(C)c1. The molecular weight excluding hydrogens is 256 g/mol. The fourth-order valence-corrected chi connectivity index (χ4v) is 1.87. The molecule has 6 nitrogen and oxygen atoms in total. The average Bonchev–Trinajstić information content (AvgIpc) is 2.84. The molecular formula is C14H18N4O2. The van der Waals surface area contributed by atoms with Gasteiger partial charge in [-0.05, 0) is 26.0 Å². The van der Waals surface area contributed by atoms with Gasteiger partial charge in [0.25, 0.3) is 5.91 Å². The number of carbonyl (C=O) groups is 1. The molecule has 0 aromatic carbocycles. The number of aromatic nitrogens is 3. The lowest BCUT2D eigenvalue weighted by Crippen LogP contribution is -2.38. The third-order valence-corrected chi connectivity index (χ3v) is 3.17. The van der Waals surface area contributed by atoms with Gasteiger partial charge in [-0.15, -0.1) is 0 Å². The Bertz CT molecular complexity index is 619. The summed E-state index contributed by atoms with van der Waals surface area (Å²) in [5.74, 6) is -0.250. The van der Waals surface area contributed by atoms with Gasteiger partial charge < -0.3 is 10.4 Å². The van der Waals surface area contributed by atoms with Gasteiger partial charge in [0.15, 0.2) is 0 Å². The predicted octanol–water partition coefficient (Wildman–Crippen LogP) is 0.761. The summed E-state index contributed by atoms with van der Waals surface area (Å²) < 4.78 is 1.61. The van der Waals surface area contributed by atoms with E-state index < -0.39 is 5.60 Å². The molecule has 1 amide bonds. The second-order valence-corrected chi connectivity index (χ2v) is 5.00. The zero-order chi connectivity index (χ0) is 14.8. The minimum absolute atomic E-state index is 0.103. The highest BCUT2D eigenvalue weighted by Gasteiger charge is 2.25. The highest BCUT2D eigenvalue weighted by atomic mass is 16.3. The van der Waals surface area contributed by atoms with Crippen LogP contribution in [-0.2, 0) is 12.6 Å². The molecule has 2 N–H and O–H groups in total. The van der Waals surface area contributed by atoms with Crippen LogP contribution in [0.3, 0.4) is 0 Å². The molecule has 0 aliphatic carbocycles. The zero-order valence-electron chi connectivity index (χ0n) is 11.8. The molecule has 0 saturated carbocycles. The van der Waals surface area contributed by atoms with Crippen LogP contribution in [0.25, 0.3) is 0 Å². The minimum atomic E-state index is -1.17. The number of aliphatic hydroxyl groups is 1. The summed E-state index contributed by atoms with van der Waals surface area (Å²) in [4.78, 5) is 16.1. The number of pyridine rings is 1. The maximum Gasteiger partial charge on any atom is 0.253 e. The van der Waals surface area contributed by atoms with Crippen LogP contribution in [0.4, 0.5) is 0 Å². The maximum atomic E-state index is 12.1. The van der Waals surface area contributed by atoms with Crippen molar-refractivity contribution >= 4 is 5.91 Å². The van der Waals surface area contributed by atoms with E-state index in [1.54, 1.807) is 56.3 Å². The molecule has 0 aliphatic heterocycles. The van der Waals surface area contributed by atoms with Crippen LogP contribution < -0.4 is 5.32 Å². The van der Waals surface area contributed by atoms with Crippen molar-refractivity contribution in [3.63, 3.8) is 0 Å². The minimum Gasteiger partial charge on any atom is -0.383 e. The fourth-order valence-electron chi connectivity index (χ4n) is 1.87. The fraction of sp³-hybridized carbons (Fsp3) is 0.357. The Labute approximate surface area is 117 Å². The van der Waals surface area contributed by atoms with Crippen molar-refractivity contribution in [2.45, 2.75) is 19.4 Å². The molecule has 106 valence electrons. The third kappa shape index (κ3) is 3.03. The van der Waals surface area contributed by atoms with Crippen LogP contribution in [0, 0.1) is 6.92 Å². The quantitative estimate of drug-likeness (QED) is 0.862. The van der Waals surface area contributed by atoms with Crippen molar-refractivity contribution in [3.8, 4) is 0 Å². The first-order valence-electron chi connectivity index (χ1n) is 6.31. The Balaban J connectivity index is 2.05. The van der Waals surface area contributed by atoms with Gasteiger partial charge >= 0.3 is 0 Å². The molecule has 0 aliphatic rings. The summed E-state index contributed by atoms with van der Waals surface area (Å²) in [5.41, 5.74) is 0.656.